The number of benzene rings is 1. The van der Waals surface area contributed by atoms with Gasteiger partial charge in [0.1, 0.15) is 6.04 Å². The highest BCUT2D eigenvalue weighted by Crippen LogP contribution is 2.32. The number of nitrogens with one attached hydrogen (secondary N) is 1. The zero-order chi connectivity index (χ0) is 10.6. The monoisotopic (exact) mass is 210 g/mol. The van der Waals surface area contributed by atoms with E-state index < -0.39 is 0 Å². The van der Waals surface area contributed by atoms with Crippen LogP contribution in [0.25, 0.3) is 0 Å². The number of hydrogen-bond acceptors (Lipinski definition) is 3. The average molecular weight is 211 g/mol. The van der Waals surface area contributed by atoms with Crippen molar-refractivity contribution in [2.45, 2.75) is 13.0 Å². The first-order valence-corrected chi connectivity index (χ1v) is 4.55. The van der Waals surface area contributed by atoms with E-state index in [4.69, 9.17) is 21.6 Å². The lowest BCUT2D eigenvalue weighted by Crippen LogP contribution is -2.12. The van der Waals surface area contributed by atoms with Crippen molar-refractivity contribution in [3.63, 3.8) is 0 Å². The number of rotatable bonds is 3. The zero-order valence-corrected chi connectivity index (χ0v) is 8.80. The van der Waals surface area contributed by atoms with E-state index in [1.54, 1.807) is 26.2 Å². The van der Waals surface area contributed by atoms with Crippen LogP contribution in [-0.4, -0.2) is 13.2 Å². The predicted octanol–water partition coefficient (Wildman–Crippen LogP) is 2.67. The fourth-order valence-electron chi connectivity index (χ4n) is 1.10. The van der Waals surface area contributed by atoms with Gasteiger partial charge in [-0.3, -0.25) is 0 Å². The van der Waals surface area contributed by atoms with Crippen molar-refractivity contribution < 1.29 is 4.74 Å². The van der Waals surface area contributed by atoms with Gasteiger partial charge in [-0.25, -0.2) is 0 Å². The number of para-hydroxylation sites is 1. The number of ether oxygens (including phenoxy) is 1. The van der Waals surface area contributed by atoms with Gasteiger partial charge in [0.15, 0.2) is 5.75 Å². The van der Waals surface area contributed by atoms with Gasteiger partial charge < -0.3 is 10.1 Å². The number of methoxy groups -OCH3 is 1. The van der Waals surface area contributed by atoms with Crippen LogP contribution in [0.2, 0.25) is 5.02 Å². The van der Waals surface area contributed by atoms with E-state index in [0.29, 0.717) is 10.8 Å². The van der Waals surface area contributed by atoms with Crippen LogP contribution in [0.3, 0.4) is 0 Å². The maximum Gasteiger partial charge on any atom is 0.160 e. The summed E-state index contributed by atoms with van der Waals surface area (Å²) in [6, 6.07) is 7.16. The van der Waals surface area contributed by atoms with Crippen molar-refractivity contribution in [1.82, 2.24) is 0 Å². The number of nitrogens with zero attached hydrogens (tertiary/aromatic N) is 1. The van der Waals surface area contributed by atoms with Crippen molar-refractivity contribution >= 4 is 17.3 Å². The summed E-state index contributed by atoms with van der Waals surface area (Å²) in [5.74, 6) is 0.566. The van der Waals surface area contributed by atoms with Gasteiger partial charge in [0, 0.05) is 0 Å². The summed E-state index contributed by atoms with van der Waals surface area (Å²) in [6.45, 7) is 1.76. The summed E-state index contributed by atoms with van der Waals surface area (Å²) in [7, 11) is 1.55. The van der Waals surface area contributed by atoms with E-state index in [1.807, 2.05) is 6.07 Å². The predicted molar refractivity (Wildman–Crippen MR) is 56.7 cm³/mol. The van der Waals surface area contributed by atoms with E-state index in [1.165, 1.54) is 0 Å². The minimum atomic E-state index is -0.276. The molecule has 0 aliphatic rings. The van der Waals surface area contributed by atoms with Crippen LogP contribution in [0.5, 0.6) is 5.75 Å². The summed E-state index contributed by atoms with van der Waals surface area (Å²) in [5.41, 5.74) is 0.731. The van der Waals surface area contributed by atoms with E-state index in [-0.39, 0.29) is 6.04 Å². The van der Waals surface area contributed by atoms with Gasteiger partial charge >= 0.3 is 0 Å². The molecule has 0 fully saturated rings. The fourth-order valence-corrected chi connectivity index (χ4v) is 1.35. The van der Waals surface area contributed by atoms with Gasteiger partial charge in [0.2, 0.25) is 0 Å². The maximum atomic E-state index is 8.64. The molecular weight excluding hydrogens is 200 g/mol. The zero-order valence-electron chi connectivity index (χ0n) is 8.04. The Morgan fingerprint density at radius 1 is 1.57 bits per heavy atom. The minimum Gasteiger partial charge on any atom is -0.493 e. The fraction of sp³-hybridized carbons (Fsp3) is 0.300. The highest BCUT2D eigenvalue weighted by molar-refractivity contribution is 6.32. The Kier molecular flexibility index (Phi) is 3.61. The van der Waals surface area contributed by atoms with Crippen molar-refractivity contribution in [3.05, 3.63) is 23.2 Å². The molecule has 0 saturated carbocycles. The molecule has 0 spiro atoms. The number of hydrogen-bond donors (Lipinski definition) is 1. The van der Waals surface area contributed by atoms with Crippen molar-refractivity contribution in [3.8, 4) is 11.8 Å². The van der Waals surface area contributed by atoms with Gasteiger partial charge in [-0.1, -0.05) is 17.7 Å². The molecule has 0 aromatic heterocycles. The van der Waals surface area contributed by atoms with Crippen LogP contribution in [0.1, 0.15) is 6.92 Å². The van der Waals surface area contributed by atoms with Gasteiger partial charge in [-0.15, -0.1) is 0 Å². The van der Waals surface area contributed by atoms with Crippen LogP contribution in [0.15, 0.2) is 18.2 Å². The number of halogens is 1. The molecule has 1 N–H and O–H groups in total. The summed E-state index contributed by atoms with van der Waals surface area (Å²) >= 11 is 5.91. The van der Waals surface area contributed by atoms with E-state index in [9.17, 15) is 0 Å². The van der Waals surface area contributed by atoms with Crippen LogP contribution < -0.4 is 10.1 Å². The van der Waals surface area contributed by atoms with Gasteiger partial charge in [-0.05, 0) is 19.1 Å². The van der Waals surface area contributed by atoms with Crippen LogP contribution in [0, 0.1) is 11.3 Å². The first kappa shape index (κ1) is 10.7. The molecule has 0 saturated heterocycles. The smallest absolute Gasteiger partial charge is 0.160 e. The average Bonchev–Trinajstić information content (AvgIpc) is 2.18. The molecule has 0 aliphatic carbocycles. The third-order valence-electron chi connectivity index (χ3n) is 1.74. The van der Waals surface area contributed by atoms with Crippen molar-refractivity contribution in [1.29, 1.82) is 5.26 Å². The Morgan fingerprint density at radius 2 is 2.29 bits per heavy atom. The molecule has 1 aromatic rings. The van der Waals surface area contributed by atoms with Crippen molar-refractivity contribution in [2.75, 3.05) is 12.4 Å². The Morgan fingerprint density at radius 3 is 2.86 bits per heavy atom. The van der Waals surface area contributed by atoms with E-state index in [0.717, 1.165) is 5.69 Å². The summed E-state index contributed by atoms with van der Waals surface area (Å²) in [5, 5.41) is 12.2. The molecule has 0 radical (unpaired) electrons. The number of nitriles is 1. The van der Waals surface area contributed by atoms with Crippen LogP contribution in [-0.2, 0) is 0 Å². The topological polar surface area (TPSA) is 45.0 Å². The molecule has 14 heavy (non-hydrogen) atoms. The molecule has 1 atom stereocenters. The Bertz CT molecular complexity index is 360. The third kappa shape index (κ3) is 2.30. The van der Waals surface area contributed by atoms with Gasteiger partial charge in [0.25, 0.3) is 0 Å². The first-order chi connectivity index (χ1) is 6.69. The molecule has 74 valence electrons. The molecule has 1 aromatic carbocycles. The SMILES string of the molecule is COc1c(Cl)cccc1NC(C)C#N. The lowest BCUT2D eigenvalue weighted by atomic mass is 10.2. The second kappa shape index (κ2) is 4.73. The molecule has 4 heteroatoms. The highest BCUT2D eigenvalue weighted by Gasteiger charge is 2.08. The van der Waals surface area contributed by atoms with Crippen molar-refractivity contribution in [2.24, 2.45) is 0 Å². The summed E-state index contributed by atoms with van der Waals surface area (Å²) in [4.78, 5) is 0. The van der Waals surface area contributed by atoms with Gasteiger partial charge in [-0.2, -0.15) is 5.26 Å². The first-order valence-electron chi connectivity index (χ1n) is 4.17. The Labute approximate surface area is 88.3 Å². The maximum absolute atomic E-state index is 8.64. The van der Waals surface area contributed by atoms with E-state index in [2.05, 4.69) is 11.4 Å². The van der Waals surface area contributed by atoms with Crippen LogP contribution in [0.4, 0.5) is 5.69 Å². The quantitative estimate of drug-likeness (QED) is 0.834. The lowest BCUT2D eigenvalue weighted by Gasteiger charge is -2.13. The standard InChI is InChI=1S/C10H11ClN2O/c1-7(6-12)13-9-5-3-4-8(11)10(9)14-2/h3-5,7,13H,1-2H3. The minimum absolute atomic E-state index is 0.276. The molecule has 0 heterocycles. The molecule has 1 unspecified atom stereocenters. The summed E-state index contributed by atoms with van der Waals surface area (Å²) < 4.78 is 5.12. The van der Waals surface area contributed by atoms with Gasteiger partial charge in [0.05, 0.1) is 23.9 Å². The summed E-state index contributed by atoms with van der Waals surface area (Å²) in [6.07, 6.45) is 0. The molecule has 0 amide bonds. The van der Waals surface area contributed by atoms with E-state index >= 15 is 0 Å². The second-order valence-corrected chi connectivity index (χ2v) is 3.22. The molecule has 3 nitrogen and oxygen atoms in total. The molecule has 0 bridgehead atoms. The Balaban J connectivity index is 2.97. The molecule has 1 rings (SSSR count). The Hall–Kier alpha value is -1.40. The molecular formula is C10H11ClN2O. The highest BCUT2D eigenvalue weighted by atomic mass is 35.5. The normalized spacial score (nSPS) is 11.6. The third-order valence-corrected chi connectivity index (χ3v) is 2.03. The number of anilines is 1. The second-order valence-electron chi connectivity index (χ2n) is 2.82. The van der Waals surface area contributed by atoms with Crippen LogP contribution >= 0.6 is 11.6 Å². The lowest BCUT2D eigenvalue weighted by molar-refractivity contribution is 0.416. The molecule has 0 aliphatic heterocycles. The largest absolute Gasteiger partial charge is 0.493 e.